The van der Waals surface area contributed by atoms with Gasteiger partial charge in [-0.2, -0.15) is 0 Å². The van der Waals surface area contributed by atoms with Gasteiger partial charge in [0.1, 0.15) is 0 Å². The van der Waals surface area contributed by atoms with Crippen LogP contribution >= 0.6 is 27.7 Å². The van der Waals surface area contributed by atoms with Crippen molar-refractivity contribution in [2.75, 3.05) is 19.5 Å². The van der Waals surface area contributed by atoms with Crippen molar-refractivity contribution in [1.29, 1.82) is 0 Å². The van der Waals surface area contributed by atoms with Crippen LogP contribution in [-0.2, 0) is 16.1 Å². The zero-order valence-electron chi connectivity index (χ0n) is 11.6. The molecule has 21 heavy (non-hydrogen) atoms. The maximum absolute atomic E-state index is 10.9. The second-order valence-electron chi connectivity index (χ2n) is 4.33. The number of nitrogens with zero attached hydrogens (tertiary/aromatic N) is 2. The first-order valence-electron chi connectivity index (χ1n) is 6.33. The van der Waals surface area contributed by atoms with Crippen LogP contribution in [0.4, 0.5) is 0 Å². The van der Waals surface area contributed by atoms with Crippen LogP contribution in [0.5, 0.6) is 0 Å². The van der Waals surface area contributed by atoms with Crippen molar-refractivity contribution >= 4 is 33.6 Å². The van der Waals surface area contributed by atoms with Crippen LogP contribution in [0.2, 0.25) is 0 Å². The first kappa shape index (κ1) is 16.1. The predicted octanol–water partition coefficient (Wildman–Crippen LogP) is 2.54. The molecule has 0 aliphatic carbocycles. The Hall–Kier alpha value is -1.31. The highest BCUT2D eigenvalue weighted by atomic mass is 79.9. The molecule has 2 aromatic rings. The van der Waals surface area contributed by atoms with E-state index in [-0.39, 0.29) is 11.7 Å². The van der Waals surface area contributed by atoms with Gasteiger partial charge in [0, 0.05) is 18.1 Å². The number of hydrogen-bond acceptors (Lipinski definition) is 4. The quantitative estimate of drug-likeness (QED) is 0.761. The minimum atomic E-state index is -0.355. The summed E-state index contributed by atoms with van der Waals surface area (Å²) in [6.45, 7) is 1.24. The van der Waals surface area contributed by atoms with Crippen molar-refractivity contribution in [1.82, 2.24) is 9.55 Å². The summed E-state index contributed by atoms with van der Waals surface area (Å²) < 4.78 is 8.22. The van der Waals surface area contributed by atoms with Gasteiger partial charge in [0.15, 0.2) is 5.16 Å². The van der Waals surface area contributed by atoms with E-state index in [4.69, 9.17) is 10.5 Å². The molecule has 112 valence electrons. The summed E-state index contributed by atoms with van der Waals surface area (Å²) in [4.78, 5) is 15.3. The van der Waals surface area contributed by atoms with Crippen LogP contribution in [0.25, 0.3) is 11.3 Å². The van der Waals surface area contributed by atoms with E-state index < -0.39 is 0 Å². The fourth-order valence-electron chi connectivity index (χ4n) is 1.86. The fourth-order valence-corrected chi connectivity index (χ4v) is 2.87. The van der Waals surface area contributed by atoms with Crippen LogP contribution in [-0.4, -0.2) is 34.9 Å². The highest BCUT2D eigenvalue weighted by Gasteiger charge is 2.13. The zero-order chi connectivity index (χ0) is 15.2. The Balaban J connectivity index is 2.31. The standard InChI is InChI=1S/C14H16BrN3O2S/c1-20-7-6-18-12(10-2-4-11(15)5-3-10)8-17-14(18)21-9-13(16)19/h2-5,8H,6-7,9H2,1H3,(H2,16,19). The Labute approximate surface area is 136 Å². The number of methoxy groups -OCH3 is 1. The van der Waals surface area contributed by atoms with Gasteiger partial charge in [-0.15, -0.1) is 0 Å². The molecule has 1 aromatic heterocycles. The van der Waals surface area contributed by atoms with Crippen molar-refractivity contribution in [2.45, 2.75) is 11.7 Å². The average Bonchev–Trinajstić information content (AvgIpc) is 2.86. The summed E-state index contributed by atoms with van der Waals surface area (Å²) in [5.41, 5.74) is 7.25. The molecule has 1 heterocycles. The topological polar surface area (TPSA) is 70.1 Å². The molecule has 0 radical (unpaired) electrons. The van der Waals surface area contributed by atoms with Crippen LogP contribution in [0.15, 0.2) is 40.1 Å². The number of nitrogens with two attached hydrogens (primary N) is 1. The summed E-state index contributed by atoms with van der Waals surface area (Å²) in [5, 5.41) is 0.767. The molecular weight excluding hydrogens is 354 g/mol. The maximum Gasteiger partial charge on any atom is 0.227 e. The SMILES string of the molecule is COCCn1c(-c2ccc(Br)cc2)cnc1SCC(N)=O. The number of rotatable bonds is 7. The molecule has 2 N–H and O–H groups in total. The summed E-state index contributed by atoms with van der Waals surface area (Å²) in [6, 6.07) is 8.01. The van der Waals surface area contributed by atoms with Gasteiger partial charge in [-0.05, 0) is 17.7 Å². The number of aromatic nitrogens is 2. The van der Waals surface area contributed by atoms with E-state index in [9.17, 15) is 4.79 Å². The Bertz CT molecular complexity index is 613. The summed E-state index contributed by atoms with van der Waals surface area (Å²) >= 11 is 4.76. The summed E-state index contributed by atoms with van der Waals surface area (Å²) in [7, 11) is 1.66. The minimum Gasteiger partial charge on any atom is -0.383 e. The van der Waals surface area contributed by atoms with Crippen molar-refractivity contribution < 1.29 is 9.53 Å². The van der Waals surface area contributed by atoms with Gasteiger partial charge in [-0.25, -0.2) is 4.98 Å². The van der Waals surface area contributed by atoms with Crippen LogP contribution < -0.4 is 5.73 Å². The van der Waals surface area contributed by atoms with Crippen molar-refractivity contribution in [2.24, 2.45) is 5.73 Å². The fraction of sp³-hybridized carbons (Fsp3) is 0.286. The molecule has 0 unspecified atom stereocenters. The Morgan fingerprint density at radius 1 is 1.43 bits per heavy atom. The molecule has 0 aliphatic heterocycles. The van der Waals surface area contributed by atoms with Crippen molar-refractivity contribution in [3.63, 3.8) is 0 Å². The van der Waals surface area contributed by atoms with Crippen molar-refractivity contribution in [3.05, 3.63) is 34.9 Å². The number of halogens is 1. The molecule has 0 spiro atoms. The smallest absolute Gasteiger partial charge is 0.227 e. The third-order valence-corrected chi connectivity index (χ3v) is 4.36. The molecule has 0 aliphatic rings. The van der Waals surface area contributed by atoms with Gasteiger partial charge >= 0.3 is 0 Å². The lowest BCUT2D eigenvalue weighted by Gasteiger charge is -2.11. The first-order chi connectivity index (χ1) is 10.1. The van der Waals surface area contributed by atoms with E-state index in [1.165, 1.54) is 11.8 Å². The number of ether oxygens (including phenoxy) is 1. The summed E-state index contributed by atoms with van der Waals surface area (Å²) in [5.74, 6) is -0.143. The van der Waals surface area contributed by atoms with E-state index in [0.717, 1.165) is 20.9 Å². The largest absolute Gasteiger partial charge is 0.383 e. The molecule has 1 amide bonds. The van der Waals surface area contributed by atoms with Gasteiger partial charge in [0.25, 0.3) is 0 Å². The van der Waals surface area contributed by atoms with Crippen LogP contribution in [0.1, 0.15) is 0 Å². The second kappa shape index (κ2) is 7.63. The van der Waals surface area contributed by atoms with E-state index in [0.29, 0.717) is 13.2 Å². The number of primary amides is 1. The molecule has 0 fully saturated rings. The highest BCUT2D eigenvalue weighted by Crippen LogP contribution is 2.27. The third-order valence-electron chi connectivity index (χ3n) is 2.82. The van der Waals surface area contributed by atoms with Gasteiger partial charge in [-0.1, -0.05) is 39.8 Å². The predicted molar refractivity (Wildman–Crippen MR) is 87.2 cm³/mol. The Morgan fingerprint density at radius 2 is 2.14 bits per heavy atom. The number of carbonyl (C=O) groups is 1. The Kier molecular flexibility index (Phi) is 5.84. The number of amides is 1. The lowest BCUT2D eigenvalue weighted by atomic mass is 10.2. The van der Waals surface area contributed by atoms with Gasteiger partial charge < -0.3 is 15.0 Å². The molecule has 0 saturated heterocycles. The molecule has 0 bridgehead atoms. The number of benzene rings is 1. The Morgan fingerprint density at radius 3 is 2.76 bits per heavy atom. The number of thioether (sulfide) groups is 1. The molecule has 2 rings (SSSR count). The molecule has 0 atom stereocenters. The van der Waals surface area contributed by atoms with Crippen molar-refractivity contribution in [3.8, 4) is 11.3 Å². The lowest BCUT2D eigenvalue weighted by Crippen LogP contribution is -2.14. The van der Waals surface area contributed by atoms with Crippen LogP contribution in [0, 0.1) is 0 Å². The first-order valence-corrected chi connectivity index (χ1v) is 8.11. The molecule has 0 saturated carbocycles. The second-order valence-corrected chi connectivity index (χ2v) is 6.19. The number of imidazole rings is 1. The van der Waals surface area contributed by atoms with E-state index in [2.05, 4.69) is 20.9 Å². The van der Waals surface area contributed by atoms with Gasteiger partial charge in [0.2, 0.25) is 5.91 Å². The molecule has 1 aromatic carbocycles. The maximum atomic E-state index is 10.9. The monoisotopic (exact) mass is 369 g/mol. The zero-order valence-corrected chi connectivity index (χ0v) is 14.0. The molecule has 7 heteroatoms. The summed E-state index contributed by atoms with van der Waals surface area (Å²) in [6.07, 6.45) is 1.81. The average molecular weight is 370 g/mol. The highest BCUT2D eigenvalue weighted by molar-refractivity contribution is 9.10. The number of hydrogen-bond donors (Lipinski definition) is 1. The normalized spacial score (nSPS) is 10.8. The van der Waals surface area contributed by atoms with E-state index in [1.807, 2.05) is 35.0 Å². The minimum absolute atomic E-state index is 0.212. The third kappa shape index (κ3) is 4.33. The lowest BCUT2D eigenvalue weighted by molar-refractivity contribution is -0.115. The molecular formula is C14H16BrN3O2S. The van der Waals surface area contributed by atoms with Gasteiger partial charge in [0.05, 0.1) is 24.3 Å². The van der Waals surface area contributed by atoms with E-state index >= 15 is 0 Å². The molecule has 5 nitrogen and oxygen atoms in total. The number of carbonyl (C=O) groups excluding carboxylic acids is 1. The van der Waals surface area contributed by atoms with Crippen LogP contribution in [0.3, 0.4) is 0 Å². The van der Waals surface area contributed by atoms with E-state index in [1.54, 1.807) is 7.11 Å². The van der Waals surface area contributed by atoms with Gasteiger partial charge in [-0.3, -0.25) is 4.79 Å².